The summed E-state index contributed by atoms with van der Waals surface area (Å²) in [6.07, 6.45) is 7.01. The van der Waals surface area contributed by atoms with Gasteiger partial charge in [-0.15, -0.1) is 0 Å². The Balaban J connectivity index is 1.69. The molecule has 0 atom stereocenters. The zero-order chi connectivity index (χ0) is 21.1. The quantitative estimate of drug-likeness (QED) is 0.315. The van der Waals surface area contributed by atoms with Crippen LogP contribution in [0.5, 0.6) is 5.75 Å². The smallest absolute Gasteiger partial charge is 0.323 e. The lowest BCUT2D eigenvalue weighted by Crippen LogP contribution is -2.33. The highest BCUT2D eigenvalue weighted by molar-refractivity contribution is 8.26. The molecular formula is C19H16N2O5S3. The molecular weight excluding hydrogens is 432 g/mol. The SMILES string of the molecule is CC(=O)Oc1ccc2c(c1)N(C)/C(=C/C=C/C=C1/SC(=S)N(CC(=O)O)C1=O)S2. The largest absolute Gasteiger partial charge is 0.480 e. The van der Waals surface area contributed by atoms with Crippen molar-refractivity contribution < 1.29 is 24.2 Å². The predicted molar refractivity (Wildman–Crippen MR) is 117 cm³/mol. The fourth-order valence-corrected chi connectivity index (χ4v) is 4.84. The first-order chi connectivity index (χ1) is 13.8. The van der Waals surface area contributed by atoms with E-state index >= 15 is 0 Å². The molecule has 3 rings (SSSR count). The minimum Gasteiger partial charge on any atom is -0.480 e. The van der Waals surface area contributed by atoms with E-state index in [1.165, 1.54) is 6.92 Å². The second kappa shape index (κ2) is 8.85. The Kier molecular flexibility index (Phi) is 6.46. The van der Waals surface area contributed by atoms with Gasteiger partial charge in [0.25, 0.3) is 5.91 Å². The van der Waals surface area contributed by atoms with Crippen molar-refractivity contribution in [2.45, 2.75) is 11.8 Å². The fraction of sp³-hybridized carbons (Fsp3) is 0.158. The number of hydrogen-bond acceptors (Lipinski definition) is 8. The molecule has 7 nitrogen and oxygen atoms in total. The number of thiocarbonyl (C=S) groups is 1. The number of thioether (sulfide) groups is 2. The fourth-order valence-electron chi connectivity index (χ4n) is 2.59. The Hall–Kier alpha value is -2.56. The number of fused-ring (bicyclic) bond motifs is 1. The molecule has 1 aromatic rings. The molecule has 0 bridgehead atoms. The molecule has 1 saturated heterocycles. The van der Waals surface area contributed by atoms with Crippen molar-refractivity contribution >= 4 is 63.6 Å². The van der Waals surface area contributed by atoms with Gasteiger partial charge in [0.05, 0.1) is 15.6 Å². The van der Waals surface area contributed by atoms with Crippen LogP contribution in [0.25, 0.3) is 0 Å². The molecule has 0 unspecified atom stereocenters. The molecule has 0 radical (unpaired) electrons. The number of rotatable bonds is 5. The molecule has 0 saturated carbocycles. The summed E-state index contributed by atoms with van der Waals surface area (Å²) in [5, 5.41) is 9.82. The molecule has 2 heterocycles. The van der Waals surface area contributed by atoms with E-state index in [-0.39, 0.29) is 10.3 Å². The number of nitrogens with zero attached hydrogens (tertiary/aromatic N) is 2. The molecule has 150 valence electrons. The lowest BCUT2D eigenvalue weighted by atomic mass is 10.3. The van der Waals surface area contributed by atoms with Gasteiger partial charge in [0.1, 0.15) is 16.6 Å². The van der Waals surface area contributed by atoms with Gasteiger partial charge in [-0.1, -0.05) is 47.9 Å². The molecule has 10 heteroatoms. The van der Waals surface area contributed by atoms with Gasteiger partial charge in [-0.05, 0) is 24.3 Å². The average Bonchev–Trinajstić information content (AvgIpc) is 3.09. The van der Waals surface area contributed by atoms with Gasteiger partial charge in [0.2, 0.25) is 0 Å². The van der Waals surface area contributed by atoms with E-state index in [1.54, 1.807) is 36.1 Å². The van der Waals surface area contributed by atoms with Crippen LogP contribution in [-0.4, -0.2) is 45.8 Å². The van der Waals surface area contributed by atoms with E-state index in [4.69, 9.17) is 22.1 Å². The van der Waals surface area contributed by atoms with Crippen LogP contribution in [-0.2, 0) is 14.4 Å². The highest BCUT2D eigenvalue weighted by Gasteiger charge is 2.32. The Morgan fingerprint density at radius 1 is 1.24 bits per heavy atom. The van der Waals surface area contributed by atoms with Crippen molar-refractivity contribution in [1.82, 2.24) is 4.90 Å². The Morgan fingerprint density at radius 2 is 1.97 bits per heavy atom. The zero-order valence-electron chi connectivity index (χ0n) is 15.4. The zero-order valence-corrected chi connectivity index (χ0v) is 17.9. The first-order valence-electron chi connectivity index (χ1n) is 8.34. The monoisotopic (exact) mass is 448 g/mol. The second-order valence-corrected chi connectivity index (χ2v) is 8.70. The first-order valence-corrected chi connectivity index (χ1v) is 10.4. The molecule has 0 aliphatic carbocycles. The third-order valence-electron chi connectivity index (χ3n) is 3.86. The summed E-state index contributed by atoms with van der Waals surface area (Å²) in [7, 11) is 1.91. The van der Waals surface area contributed by atoms with Gasteiger partial charge in [-0.25, -0.2) is 0 Å². The summed E-state index contributed by atoms with van der Waals surface area (Å²) in [6, 6.07) is 5.45. The number of benzene rings is 1. The van der Waals surface area contributed by atoms with E-state index in [2.05, 4.69) is 0 Å². The van der Waals surface area contributed by atoms with E-state index in [9.17, 15) is 14.4 Å². The summed E-state index contributed by atoms with van der Waals surface area (Å²) in [4.78, 5) is 38.6. The van der Waals surface area contributed by atoms with Crippen molar-refractivity contribution in [2.24, 2.45) is 0 Å². The van der Waals surface area contributed by atoms with Crippen molar-refractivity contribution in [3.8, 4) is 5.75 Å². The standard InChI is InChI=1S/C19H16N2O5S3/c1-11(22)26-12-7-8-14-13(9-12)20(2)16(28-14)6-4-3-5-15-18(25)21(10-17(23)24)19(27)29-15/h3-9H,10H2,1-2H3,(H,23,24)/b4-3+,15-5+,16-6-. The van der Waals surface area contributed by atoms with E-state index in [1.807, 2.05) is 30.2 Å². The van der Waals surface area contributed by atoms with Crippen LogP contribution in [0.1, 0.15) is 6.92 Å². The second-order valence-electron chi connectivity index (χ2n) is 5.96. The minimum atomic E-state index is -1.11. The van der Waals surface area contributed by atoms with Crippen LogP contribution in [0.2, 0.25) is 0 Å². The number of hydrogen-bond donors (Lipinski definition) is 1. The number of aliphatic carboxylic acids is 1. The highest BCUT2D eigenvalue weighted by atomic mass is 32.2. The van der Waals surface area contributed by atoms with Crippen LogP contribution < -0.4 is 9.64 Å². The van der Waals surface area contributed by atoms with E-state index in [0.29, 0.717) is 10.7 Å². The van der Waals surface area contributed by atoms with Gasteiger partial charge in [0.15, 0.2) is 0 Å². The molecule has 1 aromatic carbocycles. The molecule has 2 aliphatic rings. The molecule has 29 heavy (non-hydrogen) atoms. The van der Waals surface area contributed by atoms with Gasteiger partial charge < -0.3 is 14.7 Å². The summed E-state index contributed by atoms with van der Waals surface area (Å²) in [5.74, 6) is -1.40. The van der Waals surface area contributed by atoms with Crippen LogP contribution in [0.4, 0.5) is 5.69 Å². The lowest BCUT2D eigenvalue weighted by molar-refractivity contribution is -0.140. The third kappa shape index (κ3) is 4.89. The number of carbonyl (C=O) groups is 3. The Labute approximate surface area is 181 Å². The number of esters is 1. The van der Waals surface area contributed by atoms with Gasteiger partial charge >= 0.3 is 11.9 Å². The molecule has 0 spiro atoms. The number of anilines is 1. The molecule has 1 N–H and O–H groups in total. The van der Waals surface area contributed by atoms with Crippen LogP contribution in [0.15, 0.2) is 57.3 Å². The van der Waals surface area contributed by atoms with Crippen molar-refractivity contribution in [3.05, 3.63) is 52.4 Å². The topological polar surface area (TPSA) is 87.2 Å². The third-order valence-corrected chi connectivity index (χ3v) is 6.44. The number of ether oxygens (including phenoxy) is 1. The van der Waals surface area contributed by atoms with Gasteiger partial charge in [0, 0.05) is 24.9 Å². The van der Waals surface area contributed by atoms with Gasteiger partial charge in [-0.2, -0.15) is 0 Å². The maximum Gasteiger partial charge on any atom is 0.323 e. The predicted octanol–water partition coefficient (Wildman–Crippen LogP) is 3.38. The molecule has 1 fully saturated rings. The van der Waals surface area contributed by atoms with Crippen LogP contribution >= 0.6 is 35.7 Å². The molecule has 2 aliphatic heterocycles. The Morgan fingerprint density at radius 3 is 2.66 bits per heavy atom. The van der Waals surface area contributed by atoms with Crippen molar-refractivity contribution in [2.75, 3.05) is 18.5 Å². The van der Waals surface area contributed by atoms with E-state index < -0.39 is 18.4 Å². The maximum atomic E-state index is 12.2. The minimum absolute atomic E-state index is 0.237. The average molecular weight is 449 g/mol. The maximum absolute atomic E-state index is 12.2. The Bertz CT molecular complexity index is 1000. The number of carboxylic acids is 1. The van der Waals surface area contributed by atoms with Gasteiger partial charge in [-0.3, -0.25) is 19.3 Å². The van der Waals surface area contributed by atoms with Crippen LogP contribution in [0, 0.1) is 0 Å². The number of carbonyl (C=O) groups excluding carboxylic acids is 2. The summed E-state index contributed by atoms with van der Waals surface area (Å²) < 4.78 is 5.37. The summed E-state index contributed by atoms with van der Waals surface area (Å²) >= 11 is 7.71. The highest BCUT2D eigenvalue weighted by Crippen LogP contribution is 2.46. The van der Waals surface area contributed by atoms with Crippen molar-refractivity contribution in [3.63, 3.8) is 0 Å². The van der Waals surface area contributed by atoms with E-state index in [0.717, 1.165) is 32.3 Å². The molecule has 0 aromatic heterocycles. The van der Waals surface area contributed by atoms with Crippen molar-refractivity contribution in [1.29, 1.82) is 0 Å². The summed E-state index contributed by atoms with van der Waals surface area (Å²) in [5.41, 5.74) is 0.933. The van der Waals surface area contributed by atoms with Crippen LogP contribution in [0.3, 0.4) is 0 Å². The number of allylic oxidation sites excluding steroid dienone is 4. The number of carboxylic acid groups (broad SMARTS) is 1. The summed E-state index contributed by atoms with van der Waals surface area (Å²) in [6.45, 7) is 0.919. The number of amides is 1. The lowest BCUT2D eigenvalue weighted by Gasteiger charge is -2.13. The normalized spacial score (nSPS) is 19.0. The first kappa shape index (κ1) is 21.2. The molecule has 1 amide bonds.